The normalized spacial score (nSPS) is 14.3. The maximum Gasteiger partial charge on any atom is 0.303 e. The van der Waals surface area contributed by atoms with Crippen LogP contribution in [0.3, 0.4) is 0 Å². The van der Waals surface area contributed by atoms with E-state index in [0.717, 1.165) is 32.1 Å². The number of aliphatic carboxylic acids is 1. The second-order valence-electron chi connectivity index (χ2n) is 4.89. The molecule has 2 heteroatoms. The highest BCUT2D eigenvalue weighted by Crippen LogP contribution is 2.02. The third-order valence-corrected chi connectivity index (χ3v) is 2.92. The summed E-state index contributed by atoms with van der Waals surface area (Å²) in [5.41, 5.74) is 0. The van der Waals surface area contributed by atoms with E-state index in [1.807, 2.05) is 18.2 Å². The molecule has 0 saturated carbocycles. The van der Waals surface area contributed by atoms with Gasteiger partial charge in [-0.1, -0.05) is 56.2 Å². The zero-order chi connectivity index (χ0) is 15.8. The van der Waals surface area contributed by atoms with Crippen LogP contribution in [0, 0.1) is 0 Å². The second kappa shape index (κ2) is 15.7. The molecule has 0 aromatic rings. The predicted molar refractivity (Wildman–Crippen MR) is 86.9 cm³/mol. The van der Waals surface area contributed by atoms with E-state index in [4.69, 9.17) is 6.48 Å². The Morgan fingerprint density at radius 1 is 0.950 bits per heavy atom. The van der Waals surface area contributed by atoms with Crippen LogP contribution < -0.4 is 0 Å². The van der Waals surface area contributed by atoms with Crippen LogP contribution >= 0.6 is 0 Å². The minimum Gasteiger partial charge on any atom is -0.481 e. The third kappa shape index (κ3) is 16.7. The average molecular weight is 281 g/mol. The molecule has 114 valence electrons. The van der Waals surface area contributed by atoms with E-state index in [2.05, 4.69) is 25.2 Å². The van der Waals surface area contributed by atoms with Gasteiger partial charge in [0.05, 0.1) is 0 Å². The highest BCUT2D eigenvalue weighted by molar-refractivity contribution is 5.66. The predicted octanol–water partition coefficient (Wildman–Crippen LogP) is 5.66. The first-order chi connectivity index (χ1) is 10.2. The third-order valence-electron chi connectivity index (χ3n) is 2.92. The number of unbranched alkanes of at least 4 members (excludes halogenated alkanes) is 5. The van der Waals surface area contributed by atoms with Crippen LogP contribution in [-0.2, 0) is 4.79 Å². The first-order valence-corrected chi connectivity index (χ1v) is 7.79. The number of hydrogen-bond acceptors (Lipinski definition) is 1. The van der Waals surface area contributed by atoms with Crippen LogP contribution in [0.2, 0.25) is 0 Å². The van der Waals surface area contributed by atoms with Crippen LogP contribution in [-0.4, -0.2) is 11.1 Å². The molecule has 20 heavy (non-hydrogen) atoms. The first-order valence-electron chi connectivity index (χ1n) is 8.37. The zero-order valence-corrected chi connectivity index (χ0v) is 12.8. The maximum atomic E-state index is 10.3. The maximum absolute atomic E-state index is 10.3. The highest BCUT2D eigenvalue weighted by atomic mass is 16.6. The van der Waals surface area contributed by atoms with Gasteiger partial charge < -0.3 is 5.11 Å². The van der Waals surface area contributed by atoms with Gasteiger partial charge in [-0.2, -0.15) is 0 Å². The Kier molecular flexibility index (Phi) is 13.2. The van der Waals surface area contributed by atoms with Crippen molar-refractivity contribution in [1.82, 2.24) is 0 Å². The number of hydrogen-bond donors (Lipinski definition) is 1. The number of allylic oxidation sites excluding steroid dienone is 6. The molecule has 0 spiro atoms. The molecular formula is C18H30O2. The standard InChI is InChI=1S/C18H30O2/c1-2-3-4-5-6-7-8-9-10-11-12-13-14-15-16-17-18(19)20/h6-7,9-10,12-13H,2-5,8,11,14-17H2,1H3,(H,19,20)/b7-6-,10-9-,13-12-/i8D,18+2/t8-/m1/s1. The summed E-state index contributed by atoms with van der Waals surface area (Å²) in [6, 6.07) is 0. The molecular weight excluding hydrogens is 250 g/mol. The van der Waals surface area contributed by atoms with E-state index in [1.165, 1.54) is 19.3 Å². The molecule has 0 aliphatic heterocycles. The molecule has 0 aliphatic carbocycles. The second-order valence-corrected chi connectivity index (χ2v) is 4.89. The molecule has 1 N–H and O–H groups in total. The SMILES string of the molecule is [2H][C@@H](/C=C\C/C=C\CCCC[14C](=O)O)/C=C\CCCCC. The number of carboxylic acid groups (broad SMARTS) is 1. The van der Waals surface area contributed by atoms with Gasteiger partial charge in [-0.3, -0.25) is 4.79 Å². The number of carbonyl (C=O) groups is 1. The van der Waals surface area contributed by atoms with Crippen LogP contribution in [0.25, 0.3) is 0 Å². The summed E-state index contributed by atoms with van der Waals surface area (Å²) >= 11 is 0. The summed E-state index contributed by atoms with van der Waals surface area (Å²) in [6.07, 6.45) is 20.4. The molecule has 0 amide bonds. The molecule has 0 fully saturated rings. The fourth-order valence-electron chi connectivity index (χ4n) is 1.74. The van der Waals surface area contributed by atoms with Crippen LogP contribution in [0.1, 0.15) is 72.5 Å². The van der Waals surface area contributed by atoms with Crippen molar-refractivity contribution in [3.8, 4) is 0 Å². The molecule has 0 bridgehead atoms. The van der Waals surface area contributed by atoms with Gasteiger partial charge in [-0.25, -0.2) is 0 Å². The van der Waals surface area contributed by atoms with Crippen molar-refractivity contribution in [1.29, 1.82) is 0 Å². The van der Waals surface area contributed by atoms with Crippen molar-refractivity contribution in [3.05, 3.63) is 36.5 Å². The van der Waals surface area contributed by atoms with Gasteiger partial charge in [-0.15, -0.1) is 0 Å². The minimum absolute atomic E-state index is 0.240. The average Bonchev–Trinajstić information content (AvgIpc) is 2.45. The Hall–Kier alpha value is -1.31. The van der Waals surface area contributed by atoms with Gasteiger partial charge in [0, 0.05) is 7.79 Å². The molecule has 0 heterocycles. The fourth-order valence-corrected chi connectivity index (χ4v) is 1.74. The van der Waals surface area contributed by atoms with Crippen molar-refractivity contribution < 1.29 is 11.3 Å². The van der Waals surface area contributed by atoms with Gasteiger partial charge in [0.25, 0.3) is 0 Å². The lowest BCUT2D eigenvalue weighted by atomic mass is 10.2. The summed E-state index contributed by atoms with van der Waals surface area (Å²) in [5, 5.41) is 8.49. The van der Waals surface area contributed by atoms with Gasteiger partial charge in [0.1, 0.15) is 0 Å². The topological polar surface area (TPSA) is 37.3 Å². The summed E-state index contributed by atoms with van der Waals surface area (Å²) in [6.45, 7) is 2.19. The van der Waals surface area contributed by atoms with Crippen molar-refractivity contribution >= 4 is 5.97 Å². The summed E-state index contributed by atoms with van der Waals surface area (Å²) in [4.78, 5) is 10.3. The molecule has 2 nitrogen and oxygen atoms in total. The smallest absolute Gasteiger partial charge is 0.303 e. The lowest BCUT2D eigenvalue weighted by molar-refractivity contribution is -0.137. The first kappa shape index (κ1) is 16.7. The Bertz CT molecular complexity index is 332. The summed E-state index contributed by atoms with van der Waals surface area (Å²) < 4.78 is 7.81. The quantitative estimate of drug-likeness (QED) is 0.349. The largest absolute Gasteiger partial charge is 0.481 e. The van der Waals surface area contributed by atoms with Gasteiger partial charge >= 0.3 is 5.97 Å². The number of carboxylic acids is 1. The summed E-state index contributed by atoms with van der Waals surface area (Å²) in [7, 11) is 0. The van der Waals surface area contributed by atoms with Crippen LogP contribution in [0.15, 0.2) is 36.5 Å². The molecule has 0 unspecified atom stereocenters. The molecule has 0 rings (SSSR count). The molecule has 0 aromatic carbocycles. The minimum atomic E-state index is -0.717. The summed E-state index contributed by atoms with van der Waals surface area (Å²) in [5.74, 6) is -0.717. The Morgan fingerprint density at radius 2 is 1.55 bits per heavy atom. The van der Waals surface area contributed by atoms with E-state index in [9.17, 15) is 4.79 Å². The fraction of sp³-hybridized carbons (Fsp3) is 0.611. The van der Waals surface area contributed by atoms with E-state index in [1.54, 1.807) is 0 Å². The Morgan fingerprint density at radius 3 is 2.25 bits per heavy atom. The Labute approximate surface area is 125 Å². The van der Waals surface area contributed by atoms with Crippen molar-refractivity contribution in [2.24, 2.45) is 0 Å². The van der Waals surface area contributed by atoms with E-state index < -0.39 is 5.97 Å². The van der Waals surface area contributed by atoms with E-state index >= 15 is 0 Å². The van der Waals surface area contributed by atoms with Gasteiger partial charge in [-0.05, 0) is 44.9 Å². The molecule has 0 aromatic heterocycles. The molecule has 0 saturated heterocycles. The lowest BCUT2D eigenvalue weighted by Gasteiger charge is -1.92. The monoisotopic (exact) mass is 281 g/mol. The van der Waals surface area contributed by atoms with E-state index in [-0.39, 0.29) is 12.8 Å². The van der Waals surface area contributed by atoms with Crippen molar-refractivity contribution in [2.75, 3.05) is 0 Å². The van der Waals surface area contributed by atoms with Crippen LogP contribution in [0.5, 0.6) is 0 Å². The molecule has 0 radical (unpaired) electrons. The van der Waals surface area contributed by atoms with Crippen molar-refractivity contribution in [3.63, 3.8) is 0 Å². The number of rotatable bonds is 13. The molecule has 0 aliphatic rings. The lowest BCUT2D eigenvalue weighted by Crippen LogP contribution is -1.92. The van der Waals surface area contributed by atoms with Gasteiger partial charge in [0.15, 0.2) is 0 Å². The zero-order valence-electron chi connectivity index (χ0n) is 13.8. The van der Waals surface area contributed by atoms with Crippen molar-refractivity contribution in [2.45, 2.75) is 71.1 Å². The van der Waals surface area contributed by atoms with Crippen LogP contribution in [0.4, 0.5) is 0 Å². The van der Waals surface area contributed by atoms with E-state index in [0.29, 0.717) is 0 Å². The van der Waals surface area contributed by atoms with Gasteiger partial charge in [0.2, 0.25) is 0 Å². The highest BCUT2D eigenvalue weighted by Gasteiger charge is 1.93. The molecule has 1 atom stereocenters. The Balaban J connectivity index is 3.54.